The van der Waals surface area contributed by atoms with E-state index >= 15 is 0 Å². The molecule has 1 unspecified atom stereocenters. The molecule has 2 N–H and O–H groups in total. The van der Waals surface area contributed by atoms with E-state index in [0.29, 0.717) is 0 Å². The zero-order chi connectivity index (χ0) is 11.4. The van der Waals surface area contributed by atoms with Gasteiger partial charge in [0.05, 0.1) is 6.10 Å². The van der Waals surface area contributed by atoms with E-state index in [4.69, 9.17) is 0 Å². The van der Waals surface area contributed by atoms with E-state index in [-0.39, 0.29) is 6.10 Å². The van der Waals surface area contributed by atoms with Crippen LogP contribution >= 0.6 is 11.8 Å². The molecule has 0 saturated carbocycles. The summed E-state index contributed by atoms with van der Waals surface area (Å²) >= 11 is 1.57. The summed E-state index contributed by atoms with van der Waals surface area (Å²) in [5, 5.41) is 10.5. The third-order valence-electron chi connectivity index (χ3n) is 2.34. The first-order valence-electron chi connectivity index (χ1n) is 5.25. The van der Waals surface area contributed by atoms with E-state index in [1.165, 1.54) is 0 Å². The Labute approximate surface area is 98.9 Å². The maximum Gasteiger partial charge on any atom is 0.170 e. The SMILES string of the molecule is CCC(O)c1ccc(Sc2ncc[nH]2)cc1. The predicted molar refractivity (Wildman–Crippen MR) is 64.4 cm³/mol. The molecule has 0 aliphatic heterocycles. The topological polar surface area (TPSA) is 48.9 Å². The van der Waals surface area contributed by atoms with Crippen LogP contribution in [0.3, 0.4) is 0 Å². The highest BCUT2D eigenvalue weighted by Gasteiger charge is 2.05. The Hall–Kier alpha value is -1.26. The number of aromatic nitrogens is 2. The van der Waals surface area contributed by atoms with E-state index < -0.39 is 0 Å². The molecule has 0 saturated heterocycles. The largest absolute Gasteiger partial charge is 0.388 e. The summed E-state index contributed by atoms with van der Waals surface area (Å²) in [6, 6.07) is 7.92. The Kier molecular flexibility index (Phi) is 3.64. The van der Waals surface area contributed by atoms with Crippen LogP contribution in [0.1, 0.15) is 25.0 Å². The number of H-pyrrole nitrogens is 1. The molecule has 1 heterocycles. The van der Waals surface area contributed by atoms with Crippen molar-refractivity contribution in [3.63, 3.8) is 0 Å². The normalized spacial score (nSPS) is 12.6. The molecule has 84 valence electrons. The highest BCUT2D eigenvalue weighted by Crippen LogP contribution is 2.26. The molecule has 3 nitrogen and oxygen atoms in total. The average Bonchev–Trinajstić information content (AvgIpc) is 2.82. The van der Waals surface area contributed by atoms with E-state index in [0.717, 1.165) is 22.0 Å². The summed E-state index contributed by atoms with van der Waals surface area (Å²) in [5.74, 6) is 0. The van der Waals surface area contributed by atoms with Gasteiger partial charge in [0.25, 0.3) is 0 Å². The fourth-order valence-electron chi connectivity index (χ4n) is 1.41. The molecule has 1 aromatic heterocycles. The Morgan fingerprint density at radius 2 is 2.12 bits per heavy atom. The van der Waals surface area contributed by atoms with Crippen molar-refractivity contribution in [3.05, 3.63) is 42.2 Å². The minimum absolute atomic E-state index is 0.359. The lowest BCUT2D eigenvalue weighted by atomic mass is 10.1. The van der Waals surface area contributed by atoms with Gasteiger partial charge in [0.2, 0.25) is 0 Å². The molecule has 0 amide bonds. The quantitative estimate of drug-likeness (QED) is 0.855. The second-order valence-electron chi connectivity index (χ2n) is 3.49. The maximum atomic E-state index is 9.65. The highest BCUT2D eigenvalue weighted by atomic mass is 32.2. The number of hydrogen-bond donors (Lipinski definition) is 2. The monoisotopic (exact) mass is 234 g/mol. The van der Waals surface area contributed by atoms with Gasteiger partial charge in [-0.25, -0.2) is 4.98 Å². The first-order valence-corrected chi connectivity index (χ1v) is 6.06. The summed E-state index contributed by atoms with van der Waals surface area (Å²) in [7, 11) is 0. The van der Waals surface area contributed by atoms with E-state index in [1.807, 2.05) is 31.2 Å². The maximum absolute atomic E-state index is 9.65. The molecule has 0 aliphatic rings. The molecule has 0 fully saturated rings. The Bertz CT molecular complexity index is 425. The first-order chi connectivity index (χ1) is 7.79. The van der Waals surface area contributed by atoms with Crippen molar-refractivity contribution < 1.29 is 5.11 Å². The van der Waals surface area contributed by atoms with Gasteiger partial charge in [-0.1, -0.05) is 30.8 Å². The van der Waals surface area contributed by atoms with Crippen LogP contribution in [0.25, 0.3) is 0 Å². The number of hydrogen-bond acceptors (Lipinski definition) is 3. The van der Waals surface area contributed by atoms with Crippen LogP contribution in [0, 0.1) is 0 Å². The zero-order valence-electron chi connectivity index (χ0n) is 9.05. The van der Waals surface area contributed by atoms with E-state index in [9.17, 15) is 5.11 Å². The summed E-state index contributed by atoms with van der Waals surface area (Å²) in [4.78, 5) is 8.29. The van der Waals surface area contributed by atoms with Gasteiger partial charge in [-0.2, -0.15) is 0 Å². The van der Waals surface area contributed by atoms with Gasteiger partial charge in [0.15, 0.2) is 5.16 Å². The van der Waals surface area contributed by atoms with Gasteiger partial charge in [-0.15, -0.1) is 0 Å². The minimum Gasteiger partial charge on any atom is -0.388 e. The number of aliphatic hydroxyl groups is 1. The third-order valence-corrected chi connectivity index (χ3v) is 3.26. The van der Waals surface area contributed by atoms with Crippen molar-refractivity contribution in [3.8, 4) is 0 Å². The summed E-state index contributed by atoms with van der Waals surface area (Å²) in [5.41, 5.74) is 0.964. The van der Waals surface area contributed by atoms with Gasteiger partial charge in [-0.05, 0) is 24.1 Å². The van der Waals surface area contributed by atoms with Crippen LogP contribution < -0.4 is 0 Å². The number of aliphatic hydroxyl groups excluding tert-OH is 1. The lowest BCUT2D eigenvalue weighted by Gasteiger charge is -2.08. The number of rotatable bonds is 4. The lowest BCUT2D eigenvalue weighted by Crippen LogP contribution is -1.94. The Balaban J connectivity index is 2.07. The summed E-state index contributed by atoms with van der Waals surface area (Å²) in [6.45, 7) is 1.97. The van der Waals surface area contributed by atoms with Crippen LogP contribution in [0.5, 0.6) is 0 Å². The standard InChI is InChI=1S/C12H14N2OS/c1-2-11(15)9-3-5-10(6-4-9)16-12-13-7-8-14-12/h3-8,11,15H,2H2,1H3,(H,13,14). The van der Waals surface area contributed by atoms with Crippen molar-refractivity contribution in [2.45, 2.75) is 29.5 Å². The van der Waals surface area contributed by atoms with Gasteiger partial charge in [0.1, 0.15) is 0 Å². The molecule has 0 aliphatic carbocycles. The molecular formula is C12H14N2OS. The molecule has 0 spiro atoms. The second-order valence-corrected chi connectivity index (χ2v) is 4.55. The fourth-order valence-corrected chi connectivity index (χ4v) is 2.15. The van der Waals surface area contributed by atoms with Crippen molar-refractivity contribution in [2.75, 3.05) is 0 Å². The van der Waals surface area contributed by atoms with Crippen molar-refractivity contribution >= 4 is 11.8 Å². The first kappa shape index (κ1) is 11.2. The number of nitrogens with zero attached hydrogens (tertiary/aromatic N) is 1. The van der Waals surface area contributed by atoms with Crippen LogP contribution in [0.4, 0.5) is 0 Å². The van der Waals surface area contributed by atoms with Gasteiger partial charge in [0, 0.05) is 17.3 Å². The molecule has 16 heavy (non-hydrogen) atoms. The van der Waals surface area contributed by atoms with Gasteiger partial charge < -0.3 is 10.1 Å². The third kappa shape index (κ3) is 2.65. The van der Waals surface area contributed by atoms with E-state index in [1.54, 1.807) is 24.2 Å². The average molecular weight is 234 g/mol. The number of imidazole rings is 1. The van der Waals surface area contributed by atoms with E-state index in [2.05, 4.69) is 9.97 Å². The zero-order valence-corrected chi connectivity index (χ0v) is 9.87. The van der Waals surface area contributed by atoms with Crippen LogP contribution in [-0.2, 0) is 0 Å². The predicted octanol–water partition coefficient (Wildman–Crippen LogP) is 3.00. The van der Waals surface area contributed by atoms with Crippen LogP contribution in [0.2, 0.25) is 0 Å². The second kappa shape index (κ2) is 5.18. The van der Waals surface area contributed by atoms with Crippen molar-refractivity contribution in [1.29, 1.82) is 0 Å². The molecule has 2 aromatic rings. The number of benzene rings is 1. The smallest absolute Gasteiger partial charge is 0.170 e. The lowest BCUT2D eigenvalue weighted by molar-refractivity contribution is 0.173. The van der Waals surface area contributed by atoms with Gasteiger partial charge in [-0.3, -0.25) is 0 Å². The molecule has 1 aromatic carbocycles. The van der Waals surface area contributed by atoms with Gasteiger partial charge >= 0.3 is 0 Å². The molecular weight excluding hydrogens is 220 g/mol. The molecule has 0 radical (unpaired) electrons. The highest BCUT2D eigenvalue weighted by molar-refractivity contribution is 7.99. The number of aromatic amines is 1. The summed E-state index contributed by atoms with van der Waals surface area (Å²) in [6.07, 6.45) is 3.92. The molecule has 2 rings (SSSR count). The Morgan fingerprint density at radius 3 is 2.69 bits per heavy atom. The van der Waals surface area contributed by atoms with Crippen LogP contribution in [-0.4, -0.2) is 15.1 Å². The van der Waals surface area contributed by atoms with Crippen LogP contribution in [0.15, 0.2) is 46.7 Å². The molecule has 4 heteroatoms. The molecule has 0 bridgehead atoms. The molecule has 1 atom stereocenters. The minimum atomic E-state index is -0.359. The fraction of sp³-hybridized carbons (Fsp3) is 0.250. The summed E-state index contributed by atoms with van der Waals surface area (Å²) < 4.78 is 0. The number of nitrogens with one attached hydrogen (secondary N) is 1. The van der Waals surface area contributed by atoms with Crippen molar-refractivity contribution in [2.24, 2.45) is 0 Å². The van der Waals surface area contributed by atoms with Crippen molar-refractivity contribution in [1.82, 2.24) is 9.97 Å². The Morgan fingerprint density at radius 1 is 1.38 bits per heavy atom.